The van der Waals surface area contributed by atoms with Crippen LogP contribution < -0.4 is 10.0 Å². The number of hydrogen-bond acceptors (Lipinski definition) is 3. The van der Waals surface area contributed by atoms with E-state index in [1.54, 1.807) is 43.3 Å². The molecule has 2 N–H and O–H groups in total. The lowest BCUT2D eigenvalue weighted by molar-refractivity contribution is 0.102. The highest BCUT2D eigenvalue weighted by molar-refractivity contribution is 7.92. The molecule has 6 heteroatoms. The molecule has 0 aromatic heterocycles. The Morgan fingerprint density at radius 1 is 0.767 bits per heavy atom. The molecule has 0 radical (unpaired) electrons. The van der Waals surface area contributed by atoms with Crippen molar-refractivity contribution in [3.8, 4) is 0 Å². The third-order valence-electron chi connectivity index (χ3n) is 4.84. The Morgan fingerprint density at radius 3 is 2.27 bits per heavy atom. The molecule has 4 aromatic rings. The molecular formula is C24H20N2O3S. The number of aryl methyl sites for hydroxylation is 1. The number of fused-ring (bicyclic) bond motifs is 1. The van der Waals surface area contributed by atoms with Crippen LogP contribution in [-0.2, 0) is 10.0 Å². The molecule has 4 aromatic carbocycles. The van der Waals surface area contributed by atoms with Crippen LogP contribution in [0.5, 0.6) is 0 Å². The zero-order valence-corrected chi connectivity index (χ0v) is 17.1. The topological polar surface area (TPSA) is 75.3 Å². The van der Waals surface area contributed by atoms with Gasteiger partial charge in [0.05, 0.1) is 10.6 Å². The van der Waals surface area contributed by atoms with E-state index < -0.39 is 10.0 Å². The molecular weight excluding hydrogens is 396 g/mol. The van der Waals surface area contributed by atoms with Crippen LogP contribution >= 0.6 is 0 Å². The number of carbonyl (C=O) groups excluding carboxylic acids is 1. The van der Waals surface area contributed by atoms with Gasteiger partial charge in [-0.1, -0.05) is 60.7 Å². The number of anilines is 2. The number of nitrogens with one attached hydrogen (secondary N) is 2. The lowest BCUT2D eigenvalue weighted by Gasteiger charge is -2.13. The summed E-state index contributed by atoms with van der Waals surface area (Å²) in [4.78, 5) is 13.0. The minimum Gasteiger partial charge on any atom is -0.321 e. The number of carbonyl (C=O) groups is 1. The highest BCUT2D eigenvalue weighted by Gasteiger charge is 2.16. The third-order valence-corrected chi connectivity index (χ3v) is 6.22. The molecule has 0 saturated heterocycles. The number of amides is 1. The Labute approximate surface area is 175 Å². The number of hydrogen-bond donors (Lipinski definition) is 2. The molecule has 5 nitrogen and oxygen atoms in total. The maximum atomic E-state index is 12.9. The molecule has 4 rings (SSSR count). The second-order valence-corrected chi connectivity index (χ2v) is 8.61. The van der Waals surface area contributed by atoms with E-state index in [0.29, 0.717) is 16.9 Å². The first-order valence-corrected chi connectivity index (χ1v) is 10.9. The molecule has 0 fully saturated rings. The lowest BCUT2D eigenvalue weighted by atomic mass is 10.1. The minimum absolute atomic E-state index is 0.162. The van der Waals surface area contributed by atoms with Gasteiger partial charge in [0, 0.05) is 16.6 Å². The molecule has 0 aliphatic rings. The van der Waals surface area contributed by atoms with Crippen LogP contribution in [-0.4, -0.2) is 14.3 Å². The van der Waals surface area contributed by atoms with Gasteiger partial charge >= 0.3 is 0 Å². The van der Waals surface area contributed by atoms with Crippen molar-refractivity contribution >= 4 is 38.1 Å². The van der Waals surface area contributed by atoms with Gasteiger partial charge in [-0.15, -0.1) is 0 Å². The molecule has 1 amide bonds. The monoisotopic (exact) mass is 416 g/mol. The third kappa shape index (κ3) is 4.04. The van der Waals surface area contributed by atoms with E-state index in [-0.39, 0.29) is 10.8 Å². The Morgan fingerprint density at radius 2 is 1.47 bits per heavy atom. The standard InChI is InChI=1S/C24H20N2O3S/c1-17-14-15-19(16-23(17)26-30(28,29)20-10-3-2-4-11-20)24(27)25-22-13-7-9-18-8-5-6-12-21(18)22/h2-16,26H,1H3,(H,25,27). The predicted octanol–water partition coefficient (Wildman–Crippen LogP) is 5.20. The van der Waals surface area contributed by atoms with Crippen LogP contribution in [0, 0.1) is 6.92 Å². The molecule has 0 aliphatic heterocycles. The zero-order valence-electron chi connectivity index (χ0n) is 16.3. The van der Waals surface area contributed by atoms with Crippen molar-refractivity contribution in [2.24, 2.45) is 0 Å². The van der Waals surface area contributed by atoms with Gasteiger partial charge in [0.1, 0.15) is 0 Å². The summed E-state index contributed by atoms with van der Waals surface area (Å²) in [5, 5.41) is 4.89. The summed E-state index contributed by atoms with van der Waals surface area (Å²) in [6.07, 6.45) is 0. The zero-order chi connectivity index (χ0) is 21.1. The maximum Gasteiger partial charge on any atom is 0.261 e. The average Bonchev–Trinajstić information content (AvgIpc) is 2.76. The van der Waals surface area contributed by atoms with Gasteiger partial charge in [-0.25, -0.2) is 8.42 Å². The first-order chi connectivity index (χ1) is 14.4. The van der Waals surface area contributed by atoms with Crippen molar-refractivity contribution in [2.45, 2.75) is 11.8 Å². The summed E-state index contributed by atoms with van der Waals surface area (Å²) in [5.41, 5.74) is 2.14. The molecule has 0 unspecified atom stereocenters. The van der Waals surface area contributed by atoms with Crippen LogP contribution in [0.15, 0.2) is 95.9 Å². The van der Waals surface area contributed by atoms with Gasteiger partial charge in [-0.05, 0) is 48.2 Å². The van der Waals surface area contributed by atoms with Crippen LogP contribution in [0.25, 0.3) is 10.8 Å². The fourth-order valence-electron chi connectivity index (χ4n) is 3.21. The molecule has 0 atom stereocenters. The minimum atomic E-state index is -3.75. The first-order valence-electron chi connectivity index (χ1n) is 9.42. The number of rotatable bonds is 5. The van der Waals surface area contributed by atoms with E-state index in [1.807, 2.05) is 42.5 Å². The molecule has 0 spiro atoms. The fourth-order valence-corrected chi connectivity index (χ4v) is 4.35. The van der Waals surface area contributed by atoms with Crippen molar-refractivity contribution in [1.82, 2.24) is 0 Å². The smallest absolute Gasteiger partial charge is 0.261 e. The molecule has 0 saturated carbocycles. The van der Waals surface area contributed by atoms with Crippen molar-refractivity contribution < 1.29 is 13.2 Å². The maximum absolute atomic E-state index is 12.9. The second kappa shape index (κ2) is 8.00. The predicted molar refractivity (Wildman–Crippen MR) is 120 cm³/mol. The Balaban J connectivity index is 1.62. The Kier molecular flexibility index (Phi) is 5.25. The molecule has 0 heterocycles. The van der Waals surface area contributed by atoms with Crippen molar-refractivity contribution in [3.63, 3.8) is 0 Å². The van der Waals surface area contributed by atoms with Crippen LogP contribution in [0.4, 0.5) is 11.4 Å². The summed E-state index contributed by atoms with van der Waals surface area (Å²) in [6.45, 7) is 1.79. The first kappa shape index (κ1) is 19.7. The van der Waals surface area contributed by atoms with Gasteiger partial charge < -0.3 is 5.32 Å². The molecule has 150 valence electrons. The van der Waals surface area contributed by atoms with Gasteiger partial charge in [0.2, 0.25) is 0 Å². The summed E-state index contributed by atoms with van der Waals surface area (Å²) < 4.78 is 27.9. The van der Waals surface area contributed by atoms with Crippen LogP contribution in [0.3, 0.4) is 0 Å². The normalized spacial score (nSPS) is 11.2. The average molecular weight is 417 g/mol. The molecule has 0 bridgehead atoms. The van der Waals surface area contributed by atoms with Gasteiger partial charge in [-0.3, -0.25) is 9.52 Å². The van der Waals surface area contributed by atoms with Crippen molar-refractivity contribution in [2.75, 3.05) is 10.0 Å². The number of sulfonamides is 1. The summed E-state index contributed by atoms with van der Waals surface area (Å²) in [6, 6.07) is 26.6. The van der Waals surface area contributed by atoms with E-state index in [9.17, 15) is 13.2 Å². The lowest BCUT2D eigenvalue weighted by Crippen LogP contribution is -2.16. The number of benzene rings is 4. The van der Waals surface area contributed by atoms with E-state index >= 15 is 0 Å². The molecule has 0 aliphatic carbocycles. The highest BCUT2D eigenvalue weighted by atomic mass is 32.2. The molecule has 30 heavy (non-hydrogen) atoms. The van der Waals surface area contributed by atoms with Gasteiger partial charge in [-0.2, -0.15) is 0 Å². The highest BCUT2D eigenvalue weighted by Crippen LogP contribution is 2.25. The van der Waals surface area contributed by atoms with Crippen LogP contribution in [0.2, 0.25) is 0 Å². The van der Waals surface area contributed by atoms with Crippen molar-refractivity contribution in [3.05, 3.63) is 102 Å². The van der Waals surface area contributed by atoms with Gasteiger partial charge in [0.25, 0.3) is 15.9 Å². The van der Waals surface area contributed by atoms with E-state index in [1.165, 1.54) is 12.1 Å². The van der Waals surface area contributed by atoms with E-state index in [2.05, 4.69) is 10.0 Å². The summed E-state index contributed by atoms with van der Waals surface area (Å²) in [7, 11) is -3.75. The van der Waals surface area contributed by atoms with E-state index in [0.717, 1.165) is 16.3 Å². The quantitative estimate of drug-likeness (QED) is 0.469. The summed E-state index contributed by atoms with van der Waals surface area (Å²) in [5.74, 6) is -0.313. The second-order valence-electron chi connectivity index (χ2n) is 6.93. The SMILES string of the molecule is Cc1ccc(C(=O)Nc2cccc3ccccc23)cc1NS(=O)(=O)c1ccccc1. The van der Waals surface area contributed by atoms with Gasteiger partial charge in [0.15, 0.2) is 0 Å². The fraction of sp³-hybridized carbons (Fsp3) is 0.0417. The van der Waals surface area contributed by atoms with E-state index in [4.69, 9.17) is 0 Å². The largest absolute Gasteiger partial charge is 0.321 e. The summed E-state index contributed by atoms with van der Waals surface area (Å²) >= 11 is 0. The Bertz CT molecular complexity index is 1330. The van der Waals surface area contributed by atoms with Crippen molar-refractivity contribution in [1.29, 1.82) is 0 Å². The van der Waals surface area contributed by atoms with Crippen LogP contribution in [0.1, 0.15) is 15.9 Å². The Hall–Kier alpha value is -3.64.